The quantitative estimate of drug-likeness (QED) is 0.0871. The zero-order chi connectivity index (χ0) is 53.7. The molecule has 3 aliphatic heterocycles. The van der Waals surface area contributed by atoms with Crippen molar-refractivity contribution in [1.29, 1.82) is 0 Å². The number of carbonyl (C=O) groups is 1. The number of hydrogen-bond acceptors (Lipinski definition) is 8. The number of rotatable bonds is 14. The fourth-order valence-electron chi connectivity index (χ4n) is 8.93. The Morgan fingerprint density at radius 2 is 1.01 bits per heavy atom. The molecule has 3 saturated heterocycles. The van der Waals surface area contributed by atoms with Gasteiger partial charge in [0.2, 0.25) is 0 Å². The van der Waals surface area contributed by atoms with Crippen LogP contribution in [-0.2, 0) is 36.8 Å². The van der Waals surface area contributed by atoms with E-state index in [1.807, 2.05) is 44.2 Å². The van der Waals surface area contributed by atoms with E-state index in [-0.39, 0.29) is 93.7 Å². The van der Waals surface area contributed by atoms with Crippen molar-refractivity contribution in [3.05, 3.63) is 161 Å². The van der Waals surface area contributed by atoms with Gasteiger partial charge < -0.3 is 20.7 Å². The first-order valence-corrected chi connectivity index (χ1v) is 25.8. The van der Waals surface area contributed by atoms with E-state index in [9.17, 15) is 40.6 Å². The van der Waals surface area contributed by atoms with Crippen molar-refractivity contribution in [2.24, 2.45) is 17.8 Å². The molecule has 3 heterocycles. The van der Waals surface area contributed by atoms with Crippen LogP contribution in [-0.4, -0.2) is 98.7 Å². The monoisotopic (exact) mass is 1110 g/mol. The third-order valence-corrected chi connectivity index (χ3v) is 13.1. The number of piperidine rings is 3. The Kier molecular flexibility index (Phi) is 33.0. The summed E-state index contributed by atoms with van der Waals surface area (Å²) >= 11 is 0. The summed E-state index contributed by atoms with van der Waals surface area (Å²) in [7, 11) is 0. The maximum absolute atomic E-state index is 13.1. The Morgan fingerprint density at radius 1 is 0.590 bits per heavy atom. The molecule has 3 aliphatic rings. The predicted octanol–water partition coefficient (Wildman–Crippen LogP) is 10.9. The van der Waals surface area contributed by atoms with Crippen LogP contribution >= 0.6 is 0 Å². The van der Waals surface area contributed by atoms with Gasteiger partial charge in [0.15, 0.2) is 23.1 Å². The molecule has 0 amide bonds. The van der Waals surface area contributed by atoms with Crippen LogP contribution in [0.2, 0.25) is 0 Å². The molecule has 1 N–H and O–H groups in total. The van der Waals surface area contributed by atoms with E-state index in [0.717, 1.165) is 89.9 Å². The van der Waals surface area contributed by atoms with Gasteiger partial charge in [0.1, 0.15) is 11.9 Å². The second kappa shape index (κ2) is 36.0. The maximum atomic E-state index is 13.1. The molecule has 5 aromatic carbocycles. The molecular formula is C60H80BF8N3NaO5. The number of aliphatic hydroxyl groups excluding tert-OH is 1. The van der Waals surface area contributed by atoms with Gasteiger partial charge in [-0.2, -0.15) is 26.3 Å². The third kappa shape index (κ3) is 24.5. The number of ketones is 1. The first-order chi connectivity index (χ1) is 35.3. The normalized spacial score (nSPS) is 19.6. The zero-order valence-electron chi connectivity index (χ0n) is 46.4. The SMILES string of the molecule is C.CC1CN(Cc2ccccc2)CCC1=O.CC1CN(Cc2ccccc2)CCC1O.CCCOc1cc(C(F)(F)F)ccc1F.CCCOc1cc(C(F)(F)F)ccc1OC1CCN(Cc2ccccc2)CC1C.F.[B].[H-].[Na+]. The summed E-state index contributed by atoms with van der Waals surface area (Å²) in [4.78, 5) is 18.5. The molecular weight excluding hydrogens is 1030 g/mol. The van der Waals surface area contributed by atoms with E-state index in [1.165, 1.54) is 22.8 Å². The predicted molar refractivity (Wildman–Crippen MR) is 292 cm³/mol. The second-order valence-corrected chi connectivity index (χ2v) is 19.5. The summed E-state index contributed by atoms with van der Waals surface area (Å²) in [5.74, 6) is 0.710. The van der Waals surface area contributed by atoms with E-state index in [1.54, 1.807) is 6.92 Å². The van der Waals surface area contributed by atoms with Crippen molar-refractivity contribution in [2.45, 2.75) is 118 Å². The van der Waals surface area contributed by atoms with E-state index in [2.05, 4.69) is 89.2 Å². The third-order valence-electron chi connectivity index (χ3n) is 13.1. The number of Topliss-reactive ketones (excluding diaryl/α,β-unsaturated/α-hetero) is 1. The van der Waals surface area contributed by atoms with Crippen LogP contribution < -0.4 is 43.8 Å². The molecule has 18 heteroatoms. The average Bonchev–Trinajstić information content (AvgIpc) is 3.37. The van der Waals surface area contributed by atoms with E-state index < -0.39 is 29.3 Å². The molecule has 8 nitrogen and oxygen atoms in total. The van der Waals surface area contributed by atoms with Gasteiger partial charge in [0, 0.05) is 85.6 Å². The van der Waals surface area contributed by atoms with Crippen LogP contribution in [0.25, 0.3) is 0 Å². The van der Waals surface area contributed by atoms with Crippen LogP contribution in [0.4, 0.5) is 35.4 Å². The Balaban J connectivity index is 0.00000106. The first-order valence-electron chi connectivity index (χ1n) is 25.8. The summed E-state index contributed by atoms with van der Waals surface area (Å²) in [6.45, 7) is 19.0. The number of carbonyl (C=O) groups excluding carboxylic acids is 1. The molecule has 0 spiro atoms. The van der Waals surface area contributed by atoms with E-state index >= 15 is 0 Å². The maximum Gasteiger partial charge on any atom is 1.00 e. The molecule has 5 aromatic rings. The van der Waals surface area contributed by atoms with Gasteiger partial charge in [0.05, 0.1) is 30.4 Å². The molecule has 8 rings (SSSR count). The molecule has 3 fully saturated rings. The molecule has 5 atom stereocenters. The van der Waals surface area contributed by atoms with Gasteiger partial charge >= 0.3 is 41.9 Å². The van der Waals surface area contributed by atoms with Crippen molar-refractivity contribution in [1.82, 2.24) is 14.7 Å². The molecule has 78 heavy (non-hydrogen) atoms. The van der Waals surface area contributed by atoms with Gasteiger partial charge in [0.25, 0.3) is 0 Å². The minimum atomic E-state index is -4.47. The number of halogens is 8. The van der Waals surface area contributed by atoms with Crippen molar-refractivity contribution >= 4 is 14.2 Å². The largest absolute Gasteiger partial charge is 1.00 e. The minimum absolute atomic E-state index is 0. The van der Waals surface area contributed by atoms with Crippen molar-refractivity contribution in [2.75, 3.05) is 52.5 Å². The van der Waals surface area contributed by atoms with Crippen molar-refractivity contribution in [3.63, 3.8) is 0 Å². The molecule has 0 saturated carbocycles. The molecule has 0 aliphatic carbocycles. The molecule has 0 bridgehead atoms. The summed E-state index contributed by atoms with van der Waals surface area (Å²) in [6.07, 6.45) is -5.26. The topological polar surface area (TPSA) is 74.7 Å². The molecule has 425 valence electrons. The molecule has 0 aromatic heterocycles. The van der Waals surface area contributed by atoms with Crippen LogP contribution in [0.5, 0.6) is 17.2 Å². The number of alkyl halides is 6. The molecule has 3 radical (unpaired) electrons. The summed E-state index contributed by atoms with van der Waals surface area (Å²) in [5.41, 5.74) is 2.34. The van der Waals surface area contributed by atoms with Crippen LogP contribution in [0.15, 0.2) is 127 Å². The average molecular weight is 1110 g/mol. The van der Waals surface area contributed by atoms with Crippen LogP contribution in [0.3, 0.4) is 0 Å². The number of likely N-dealkylation sites (tertiary alicyclic amines) is 3. The van der Waals surface area contributed by atoms with Gasteiger partial charge in [-0.1, -0.05) is 133 Å². The number of nitrogens with zero attached hydrogens (tertiary/aromatic N) is 3. The van der Waals surface area contributed by atoms with Crippen LogP contribution in [0.1, 0.15) is 103 Å². The fraction of sp³-hybridized carbons (Fsp3) is 0.483. The fourth-order valence-corrected chi connectivity index (χ4v) is 8.93. The number of benzene rings is 5. The summed E-state index contributed by atoms with van der Waals surface area (Å²) in [6, 6.07) is 36.9. The van der Waals surface area contributed by atoms with E-state index in [4.69, 9.17) is 14.2 Å². The molecule has 5 unspecified atom stereocenters. The van der Waals surface area contributed by atoms with Gasteiger partial charge in [-0.05, 0) is 84.7 Å². The Hall–Kier alpha value is -4.49. The van der Waals surface area contributed by atoms with E-state index in [0.29, 0.717) is 55.5 Å². The number of aliphatic hydroxyl groups is 1. The number of hydrogen-bond donors (Lipinski definition) is 1. The van der Waals surface area contributed by atoms with Gasteiger partial charge in [-0.3, -0.25) is 24.2 Å². The Morgan fingerprint density at radius 3 is 1.45 bits per heavy atom. The summed E-state index contributed by atoms with van der Waals surface area (Å²) in [5, 5.41) is 9.63. The Labute approximate surface area is 483 Å². The Bertz CT molecular complexity index is 2420. The summed E-state index contributed by atoms with van der Waals surface area (Å²) < 4.78 is 105. The zero-order valence-corrected chi connectivity index (χ0v) is 47.4. The van der Waals surface area contributed by atoms with Crippen molar-refractivity contribution < 1.29 is 90.5 Å². The number of ether oxygens (including phenoxy) is 3. The van der Waals surface area contributed by atoms with Crippen LogP contribution in [0, 0.1) is 23.6 Å². The standard InChI is InChI=1S/C23H28F3NO2.C13H19NO.C13H17NO.C10H10F4O.CH4.B.FH.Na.H/c1-3-13-28-22-14-19(23(24,25)26)9-10-21(22)29-20-11-12-27(15-17(20)2)16-18-7-5-4-6-8-18;2*1-11-9-14(8-7-13(11)15)10-12-5-3-2-4-6-12;1-2-5-15-9-6-7(10(12,13)14)3-4-8(9)11;;;;;/h4-10,14,17,20H,3,11-13,15-16H2,1-2H3;2-6,11,13,15H,7-10H2,1H3;2-6,11H,7-10H2,1H3;3-4,6H,2,5H2,1H3;1H4;;1H;;/q;;;;;;;+1;-1. The second-order valence-electron chi connectivity index (χ2n) is 19.5. The van der Waals surface area contributed by atoms with Gasteiger partial charge in [-0.25, -0.2) is 4.39 Å². The first kappa shape index (κ1) is 71.5. The van der Waals surface area contributed by atoms with Crippen molar-refractivity contribution in [3.8, 4) is 17.2 Å². The van der Waals surface area contributed by atoms with Gasteiger partial charge in [-0.15, -0.1) is 0 Å². The smallest absolute Gasteiger partial charge is 1.00 e. The minimum Gasteiger partial charge on any atom is -1.00 e.